The number of aliphatic carboxylic acids is 1. The zero-order chi connectivity index (χ0) is 20.4. The number of fused-ring (bicyclic) bond motifs is 1. The third-order valence-electron chi connectivity index (χ3n) is 4.90. The maximum absolute atomic E-state index is 11.9. The molecule has 28 heavy (non-hydrogen) atoms. The minimum Gasteiger partial charge on any atom is -0.504 e. The van der Waals surface area contributed by atoms with E-state index in [2.05, 4.69) is 24.3 Å². The van der Waals surface area contributed by atoms with Crippen molar-refractivity contribution in [2.75, 3.05) is 7.11 Å². The van der Waals surface area contributed by atoms with Crippen LogP contribution in [-0.4, -0.2) is 23.3 Å². The second kappa shape index (κ2) is 7.77. The molecule has 0 fully saturated rings. The minimum atomic E-state index is -1.00. The first-order valence-electron chi connectivity index (χ1n) is 9.11. The number of methoxy groups -OCH3 is 1. The van der Waals surface area contributed by atoms with Crippen molar-refractivity contribution in [3.63, 3.8) is 0 Å². The normalized spacial score (nSPS) is 10.7. The van der Waals surface area contributed by atoms with Gasteiger partial charge in [-0.1, -0.05) is 53.6 Å². The summed E-state index contributed by atoms with van der Waals surface area (Å²) in [6.45, 7) is 5.58. The highest BCUT2D eigenvalue weighted by Crippen LogP contribution is 2.42. The van der Waals surface area contributed by atoms with Gasteiger partial charge >= 0.3 is 5.97 Å². The Morgan fingerprint density at radius 3 is 2.32 bits per heavy atom. The number of hydrogen-bond donors (Lipinski definition) is 2. The lowest BCUT2D eigenvalue weighted by atomic mass is 9.90. The van der Waals surface area contributed by atoms with E-state index in [1.54, 1.807) is 19.9 Å². The lowest BCUT2D eigenvalue weighted by Gasteiger charge is -2.17. The summed E-state index contributed by atoms with van der Waals surface area (Å²) in [6, 6.07) is 15.5. The summed E-state index contributed by atoms with van der Waals surface area (Å²) < 4.78 is 5.36. The molecule has 0 aliphatic heterocycles. The summed E-state index contributed by atoms with van der Waals surface area (Å²) >= 11 is 0. The maximum atomic E-state index is 11.9. The number of allylic oxidation sites excluding steroid dienone is 1. The first kappa shape index (κ1) is 19.5. The van der Waals surface area contributed by atoms with E-state index in [4.69, 9.17) is 4.74 Å². The van der Waals surface area contributed by atoms with Gasteiger partial charge in [-0.2, -0.15) is 0 Å². The number of ether oxygens (including phenoxy) is 1. The number of phenols is 1. The number of carbonyl (C=O) groups is 1. The molecule has 0 spiro atoms. The van der Waals surface area contributed by atoms with Crippen molar-refractivity contribution in [2.45, 2.75) is 27.2 Å². The van der Waals surface area contributed by atoms with Crippen LogP contribution in [0.5, 0.6) is 11.5 Å². The Morgan fingerprint density at radius 1 is 1.07 bits per heavy atom. The van der Waals surface area contributed by atoms with Gasteiger partial charge in [-0.3, -0.25) is 0 Å². The van der Waals surface area contributed by atoms with E-state index >= 15 is 0 Å². The molecule has 0 amide bonds. The molecule has 0 saturated heterocycles. The zero-order valence-electron chi connectivity index (χ0n) is 16.5. The third-order valence-corrected chi connectivity index (χ3v) is 4.90. The number of carboxylic acids is 1. The monoisotopic (exact) mass is 376 g/mol. The molecule has 0 unspecified atom stereocenters. The molecule has 2 N–H and O–H groups in total. The van der Waals surface area contributed by atoms with E-state index in [0.717, 1.165) is 11.1 Å². The van der Waals surface area contributed by atoms with Gasteiger partial charge in [-0.05, 0) is 49.8 Å². The second-order valence-corrected chi connectivity index (χ2v) is 7.16. The van der Waals surface area contributed by atoms with Gasteiger partial charge in [-0.15, -0.1) is 0 Å². The smallest absolute Gasteiger partial charge is 0.336 e. The molecule has 0 atom stereocenters. The van der Waals surface area contributed by atoms with Crippen molar-refractivity contribution in [1.82, 2.24) is 0 Å². The van der Waals surface area contributed by atoms with E-state index in [9.17, 15) is 15.0 Å². The molecular weight excluding hydrogens is 352 g/mol. The van der Waals surface area contributed by atoms with Gasteiger partial charge in [0.1, 0.15) is 0 Å². The number of hydrogen-bond acceptors (Lipinski definition) is 3. The number of rotatable bonds is 5. The molecule has 0 aliphatic rings. The summed E-state index contributed by atoms with van der Waals surface area (Å²) in [7, 11) is 1.47. The highest BCUT2D eigenvalue weighted by atomic mass is 16.5. The summed E-state index contributed by atoms with van der Waals surface area (Å²) in [5.41, 5.74) is 4.66. The van der Waals surface area contributed by atoms with Gasteiger partial charge in [0.2, 0.25) is 0 Å². The number of phenolic OH excluding ortho intramolecular Hbond substituents is 1. The fraction of sp³-hybridized carbons (Fsp3) is 0.208. The standard InChI is InChI=1S/C24H24O4/c1-14(2)21(24(26)27)19-13-20(28-4)23(25)22-17(6-5-7-18(19)22)12-16-10-8-15(3)9-11-16/h5-11,13,25H,12H2,1-4H3,(H,26,27). The molecule has 4 nitrogen and oxygen atoms in total. The van der Waals surface area contributed by atoms with Crippen LogP contribution in [0.25, 0.3) is 16.3 Å². The molecule has 0 bridgehead atoms. The Morgan fingerprint density at radius 2 is 1.75 bits per heavy atom. The van der Waals surface area contributed by atoms with Crippen LogP contribution in [0.15, 0.2) is 54.1 Å². The average molecular weight is 376 g/mol. The summed E-state index contributed by atoms with van der Waals surface area (Å²) in [4.78, 5) is 11.9. The Balaban J connectivity index is 2.31. The Hall–Kier alpha value is -3.27. The molecule has 3 aromatic rings. The Labute approximate surface area is 164 Å². The molecule has 0 aliphatic carbocycles. The highest BCUT2D eigenvalue weighted by Gasteiger charge is 2.21. The molecule has 3 aromatic carbocycles. The lowest BCUT2D eigenvalue weighted by Crippen LogP contribution is -2.04. The fourth-order valence-electron chi connectivity index (χ4n) is 3.54. The van der Waals surface area contributed by atoms with E-state index in [-0.39, 0.29) is 17.1 Å². The van der Waals surface area contributed by atoms with E-state index in [1.165, 1.54) is 12.7 Å². The van der Waals surface area contributed by atoms with Crippen LogP contribution in [0.1, 0.15) is 36.1 Å². The Kier molecular flexibility index (Phi) is 5.41. The first-order chi connectivity index (χ1) is 13.3. The number of carboxylic acid groups (broad SMARTS) is 1. The topological polar surface area (TPSA) is 66.8 Å². The predicted molar refractivity (Wildman–Crippen MR) is 112 cm³/mol. The van der Waals surface area contributed by atoms with Crippen LogP contribution in [0.2, 0.25) is 0 Å². The average Bonchev–Trinajstić information content (AvgIpc) is 2.65. The van der Waals surface area contributed by atoms with Crippen LogP contribution >= 0.6 is 0 Å². The predicted octanol–water partition coefficient (Wildman–Crippen LogP) is 5.33. The van der Waals surface area contributed by atoms with E-state index in [1.807, 2.05) is 25.1 Å². The molecule has 3 rings (SSSR count). The lowest BCUT2D eigenvalue weighted by molar-refractivity contribution is -0.130. The number of aryl methyl sites for hydroxylation is 1. The molecule has 4 heteroatoms. The second-order valence-electron chi connectivity index (χ2n) is 7.16. The maximum Gasteiger partial charge on any atom is 0.336 e. The molecule has 0 heterocycles. The van der Waals surface area contributed by atoms with Crippen molar-refractivity contribution in [1.29, 1.82) is 0 Å². The summed E-state index contributed by atoms with van der Waals surface area (Å²) in [5.74, 6) is -0.709. The van der Waals surface area contributed by atoms with Crippen molar-refractivity contribution in [2.24, 2.45) is 0 Å². The Bertz CT molecular complexity index is 1070. The van der Waals surface area contributed by atoms with Gasteiger partial charge in [0, 0.05) is 10.9 Å². The van der Waals surface area contributed by atoms with E-state index < -0.39 is 5.97 Å². The van der Waals surface area contributed by atoms with Gasteiger partial charge in [0.05, 0.1) is 12.7 Å². The minimum absolute atomic E-state index is 0.0301. The quantitative estimate of drug-likeness (QED) is 0.591. The van der Waals surface area contributed by atoms with Gasteiger partial charge < -0.3 is 14.9 Å². The van der Waals surface area contributed by atoms with Crippen molar-refractivity contribution < 1.29 is 19.7 Å². The summed E-state index contributed by atoms with van der Waals surface area (Å²) in [5, 5.41) is 21.9. The van der Waals surface area contributed by atoms with Gasteiger partial charge in [0.25, 0.3) is 0 Å². The highest BCUT2D eigenvalue weighted by molar-refractivity contribution is 6.21. The molecule has 0 aromatic heterocycles. The van der Waals surface area contributed by atoms with E-state index in [0.29, 0.717) is 28.3 Å². The van der Waals surface area contributed by atoms with Crippen LogP contribution in [0.4, 0.5) is 0 Å². The van der Waals surface area contributed by atoms with Crippen molar-refractivity contribution in [3.05, 3.63) is 76.4 Å². The van der Waals surface area contributed by atoms with Crippen molar-refractivity contribution >= 4 is 22.3 Å². The molecule has 144 valence electrons. The molecule has 0 radical (unpaired) electrons. The van der Waals surface area contributed by atoms with Gasteiger partial charge in [0.15, 0.2) is 11.5 Å². The third kappa shape index (κ3) is 3.58. The molecular formula is C24H24O4. The molecule has 0 saturated carbocycles. The zero-order valence-corrected chi connectivity index (χ0v) is 16.5. The van der Waals surface area contributed by atoms with Gasteiger partial charge in [-0.25, -0.2) is 4.79 Å². The number of aromatic hydroxyl groups is 1. The van der Waals surface area contributed by atoms with Crippen LogP contribution in [0, 0.1) is 6.92 Å². The fourth-order valence-corrected chi connectivity index (χ4v) is 3.54. The van der Waals surface area contributed by atoms with Crippen molar-refractivity contribution in [3.8, 4) is 11.5 Å². The van der Waals surface area contributed by atoms with Crippen LogP contribution < -0.4 is 4.74 Å². The van der Waals surface area contributed by atoms with Crippen LogP contribution in [0.3, 0.4) is 0 Å². The van der Waals surface area contributed by atoms with Crippen LogP contribution in [-0.2, 0) is 11.2 Å². The largest absolute Gasteiger partial charge is 0.504 e. The summed E-state index contributed by atoms with van der Waals surface area (Å²) in [6.07, 6.45) is 0.620. The number of benzene rings is 3. The first-order valence-corrected chi connectivity index (χ1v) is 9.11. The SMILES string of the molecule is COc1cc(C(C(=O)O)=C(C)C)c2cccc(Cc3ccc(C)cc3)c2c1O.